The summed E-state index contributed by atoms with van der Waals surface area (Å²) in [6, 6.07) is 25.7. The summed E-state index contributed by atoms with van der Waals surface area (Å²) in [5.74, 6) is 0.435. The SMILES string of the molecule is CC(C)C[C@H](NCc1ccccn1)C(O)(c1ccccc1)c1ccccc1. The van der Waals surface area contributed by atoms with Gasteiger partial charge in [0.25, 0.3) is 0 Å². The molecule has 0 saturated heterocycles. The Hall–Kier alpha value is -2.49. The van der Waals surface area contributed by atoms with E-state index in [0.29, 0.717) is 12.5 Å². The highest BCUT2D eigenvalue weighted by Gasteiger charge is 2.40. The molecule has 2 N–H and O–H groups in total. The van der Waals surface area contributed by atoms with Crippen molar-refractivity contribution >= 4 is 0 Å². The minimum absolute atomic E-state index is 0.149. The van der Waals surface area contributed by atoms with Crippen molar-refractivity contribution in [2.75, 3.05) is 0 Å². The summed E-state index contributed by atoms with van der Waals surface area (Å²) in [4.78, 5) is 4.41. The molecule has 1 atom stereocenters. The van der Waals surface area contributed by atoms with Crippen molar-refractivity contribution in [3.63, 3.8) is 0 Å². The van der Waals surface area contributed by atoms with Gasteiger partial charge < -0.3 is 10.4 Å². The first-order chi connectivity index (χ1) is 13.1. The van der Waals surface area contributed by atoms with Gasteiger partial charge in [0.1, 0.15) is 5.60 Å². The van der Waals surface area contributed by atoms with Crippen molar-refractivity contribution in [3.8, 4) is 0 Å². The first kappa shape index (κ1) is 19.3. The van der Waals surface area contributed by atoms with Gasteiger partial charge in [0, 0.05) is 18.8 Å². The fourth-order valence-electron chi connectivity index (χ4n) is 3.56. The Morgan fingerprint density at radius 3 is 1.89 bits per heavy atom. The van der Waals surface area contributed by atoms with E-state index in [9.17, 15) is 5.11 Å². The van der Waals surface area contributed by atoms with Crippen LogP contribution >= 0.6 is 0 Å². The Labute approximate surface area is 162 Å². The maximum atomic E-state index is 12.1. The Balaban J connectivity index is 1.99. The van der Waals surface area contributed by atoms with Crippen molar-refractivity contribution in [1.29, 1.82) is 0 Å². The van der Waals surface area contributed by atoms with Crippen LogP contribution < -0.4 is 5.32 Å². The standard InChI is InChI=1S/C24H28N2O/c1-19(2)17-23(26-18-22-15-9-10-16-25-22)24(27,20-11-5-3-6-12-20)21-13-7-4-8-14-21/h3-16,19,23,26-27H,17-18H2,1-2H3/t23-/m0/s1. The Morgan fingerprint density at radius 1 is 0.852 bits per heavy atom. The van der Waals surface area contributed by atoms with E-state index in [0.717, 1.165) is 23.2 Å². The number of aliphatic hydroxyl groups is 1. The minimum Gasteiger partial charge on any atom is -0.379 e. The van der Waals surface area contributed by atoms with Crippen molar-refractivity contribution < 1.29 is 5.11 Å². The van der Waals surface area contributed by atoms with Crippen LogP contribution in [0, 0.1) is 5.92 Å². The Bertz CT molecular complexity index is 764. The third-order valence-corrected chi connectivity index (χ3v) is 4.89. The van der Waals surface area contributed by atoms with Crippen molar-refractivity contribution in [3.05, 3.63) is 102 Å². The van der Waals surface area contributed by atoms with Crippen molar-refractivity contribution in [2.24, 2.45) is 5.92 Å². The summed E-state index contributed by atoms with van der Waals surface area (Å²) in [5, 5.41) is 15.7. The van der Waals surface area contributed by atoms with E-state index >= 15 is 0 Å². The van der Waals surface area contributed by atoms with Crippen molar-refractivity contribution in [1.82, 2.24) is 10.3 Å². The fraction of sp³-hybridized carbons (Fsp3) is 0.292. The van der Waals surface area contributed by atoms with Gasteiger partial charge in [-0.05, 0) is 35.6 Å². The highest BCUT2D eigenvalue weighted by molar-refractivity contribution is 5.38. The predicted molar refractivity (Wildman–Crippen MR) is 110 cm³/mol. The molecule has 0 bridgehead atoms. The summed E-state index contributed by atoms with van der Waals surface area (Å²) in [7, 11) is 0. The number of pyridine rings is 1. The van der Waals surface area contributed by atoms with Crippen LogP contribution in [0.15, 0.2) is 85.1 Å². The van der Waals surface area contributed by atoms with E-state index in [1.165, 1.54) is 0 Å². The molecule has 27 heavy (non-hydrogen) atoms. The number of aromatic nitrogens is 1. The van der Waals surface area contributed by atoms with Crippen LogP contribution in [0.5, 0.6) is 0 Å². The van der Waals surface area contributed by atoms with Crippen LogP contribution in [0.1, 0.15) is 37.1 Å². The topological polar surface area (TPSA) is 45.2 Å². The monoisotopic (exact) mass is 360 g/mol. The average molecular weight is 361 g/mol. The van der Waals surface area contributed by atoms with Gasteiger partial charge in [0.05, 0.1) is 5.69 Å². The zero-order chi connectivity index (χ0) is 19.1. The van der Waals surface area contributed by atoms with E-state index in [1.807, 2.05) is 78.9 Å². The number of nitrogens with one attached hydrogen (secondary N) is 1. The van der Waals surface area contributed by atoms with Gasteiger partial charge in [-0.1, -0.05) is 80.6 Å². The first-order valence-electron chi connectivity index (χ1n) is 9.57. The molecule has 0 unspecified atom stereocenters. The number of rotatable bonds is 8. The van der Waals surface area contributed by atoms with E-state index in [2.05, 4.69) is 24.1 Å². The highest BCUT2D eigenvalue weighted by Crippen LogP contribution is 2.35. The zero-order valence-corrected chi connectivity index (χ0v) is 16.0. The lowest BCUT2D eigenvalue weighted by Gasteiger charge is -2.39. The molecule has 140 valence electrons. The maximum absolute atomic E-state index is 12.1. The zero-order valence-electron chi connectivity index (χ0n) is 16.0. The van der Waals surface area contributed by atoms with Gasteiger partial charge in [-0.25, -0.2) is 0 Å². The number of hydrogen-bond donors (Lipinski definition) is 2. The molecule has 0 radical (unpaired) electrons. The van der Waals surface area contributed by atoms with Crippen LogP contribution in [-0.4, -0.2) is 16.1 Å². The van der Waals surface area contributed by atoms with Gasteiger partial charge in [-0.3, -0.25) is 4.98 Å². The molecule has 0 aliphatic rings. The molecule has 0 saturated carbocycles. The quantitative estimate of drug-likeness (QED) is 0.621. The molecule has 2 aromatic carbocycles. The predicted octanol–water partition coefficient (Wildman–Crippen LogP) is 4.52. The van der Waals surface area contributed by atoms with E-state index in [4.69, 9.17) is 0 Å². The first-order valence-corrected chi connectivity index (χ1v) is 9.57. The van der Waals surface area contributed by atoms with Crippen LogP contribution in [0.2, 0.25) is 0 Å². The third kappa shape index (κ3) is 4.62. The minimum atomic E-state index is -1.12. The molecule has 0 amide bonds. The Morgan fingerprint density at radius 2 is 1.41 bits per heavy atom. The summed E-state index contributed by atoms with van der Waals surface area (Å²) >= 11 is 0. The van der Waals surface area contributed by atoms with Gasteiger partial charge in [0.2, 0.25) is 0 Å². The van der Waals surface area contributed by atoms with Crippen LogP contribution in [0.4, 0.5) is 0 Å². The average Bonchev–Trinajstić information content (AvgIpc) is 2.72. The lowest BCUT2D eigenvalue weighted by Crippen LogP contribution is -2.50. The van der Waals surface area contributed by atoms with Gasteiger partial charge in [-0.15, -0.1) is 0 Å². The van der Waals surface area contributed by atoms with Gasteiger partial charge in [0.15, 0.2) is 0 Å². The summed E-state index contributed by atoms with van der Waals surface area (Å²) in [5.41, 5.74) is 1.64. The highest BCUT2D eigenvalue weighted by atomic mass is 16.3. The van der Waals surface area contributed by atoms with Gasteiger partial charge >= 0.3 is 0 Å². The van der Waals surface area contributed by atoms with Gasteiger partial charge in [-0.2, -0.15) is 0 Å². The van der Waals surface area contributed by atoms with Crippen LogP contribution in [0.25, 0.3) is 0 Å². The third-order valence-electron chi connectivity index (χ3n) is 4.89. The molecule has 0 aliphatic carbocycles. The molecule has 0 spiro atoms. The molecular weight excluding hydrogens is 332 g/mol. The largest absolute Gasteiger partial charge is 0.379 e. The molecule has 3 aromatic rings. The molecule has 0 aliphatic heterocycles. The summed E-state index contributed by atoms with van der Waals surface area (Å²) < 4.78 is 0. The maximum Gasteiger partial charge on any atom is 0.130 e. The molecule has 3 nitrogen and oxygen atoms in total. The van der Waals surface area contributed by atoms with E-state index < -0.39 is 5.60 Å². The Kier molecular flexibility index (Phi) is 6.38. The second kappa shape index (κ2) is 8.94. The number of nitrogens with zero attached hydrogens (tertiary/aromatic N) is 1. The number of benzene rings is 2. The molecule has 0 fully saturated rings. The molecular formula is C24H28N2O. The molecule has 1 heterocycles. The molecule has 1 aromatic heterocycles. The van der Waals surface area contributed by atoms with Crippen LogP contribution in [0.3, 0.4) is 0 Å². The smallest absolute Gasteiger partial charge is 0.130 e. The second-order valence-corrected chi connectivity index (χ2v) is 7.38. The summed E-state index contributed by atoms with van der Waals surface area (Å²) in [6.07, 6.45) is 2.64. The number of hydrogen-bond acceptors (Lipinski definition) is 3. The molecule has 3 rings (SSSR count). The van der Waals surface area contributed by atoms with E-state index in [1.54, 1.807) is 6.20 Å². The van der Waals surface area contributed by atoms with Crippen molar-refractivity contribution in [2.45, 2.75) is 38.5 Å². The van der Waals surface area contributed by atoms with Crippen LogP contribution in [-0.2, 0) is 12.1 Å². The normalized spacial score (nSPS) is 12.9. The lowest BCUT2D eigenvalue weighted by atomic mass is 9.77. The molecule has 3 heteroatoms. The lowest BCUT2D eigenvalue weighted by molar-refractivity contribution is 0.0280. The fourth-order valence-corrected chi connectivity index (χ4v) is 3.56. The second-order valence-electron chi connectivity index (χ2n) is 7.38. The van der Waals surface area contributed by atoms with E-state index in [-0.39, 0.29) is 6.04 Å². The summed E-state index contributed by atoms with van der Waals surface area (Å²) in [6.45, 7) is 4.98.